The maximum Gasteiger partial charge on any atom is 0.248 e. The number of rotatable bonds is 4. The second-order valence-corrected chi connectivity index (χ2v) is 6.11. The molecule has 0 aromatic carbocycles. The van der Waals surface area contributed by atoms with E-state index in [9.17, 15) is 9.59 Å². The van der Waals surface area contributed by atoms with E-state index in [-0.39, 0.29) is 17.9 Å². The molecular weight excluding hydrogens is 256 g/mol. The van der Waals surface area contributed by atoms with Gasteiger partial charge in [0.05, 0.1) is 0 Å². The summed E-state index contributed by atoms with van der Waals surface area (Å²) in [5, 5.41) is 2.91. The van der Waals surface area contributed by atoms with Crippen molar-refractivity contribution in [2.45, 2.75) is 58.0 Å². The van der Waals surface area contributed by atoms with Gasteiger partial charge in [-0.05, 0) is 38.5 Å². The van der Waals surface area contributed by atoms with Gasteiger partial charge in [0.15, 0.2) is 0 Å². The molecule has 0 bridgehead atoms. The second kappa shape index (κ2) is 6.12. The van der Waals surface area contributed by atoms with Crippen molar-refractivity contribution in [3.8, 4) is 0 Å². The third-order valence-corrected chi connectivity index (χ3v) is 4.70. The Morgan fingerprint density at radius 1 is 1.30 bits per heavy atom. The number of hydrogen-bond acceptors (Lipinski definition) is 3. The van der Waals surface area contributed by atoms with Crippen LogP contribution in [-0.2, 0) is 14.3 Å². The quantitative estimate of drug-likeness (QED) is 0.846. The molecule has 2 rings (SSSR count). The Labute approximate surface area is 121 Å². The molecule has 5 nitrogen and oxygen atoms in total. The first-order valence-electron chi connectivity index (χ1n) is 7.72. The lowest BCUT2D eigenvalue weighted by molar-refractivity contribution is -0.155. The van der Waals surface area contributed by atoms with Crippen LogP contribution in [0.5, 0.6) is 0 Å². The van der Waals surface area contributed by atoms with Crippen LogP contribution in [0.2, 0.25) is 0 Å². The van der Waals surface area contributed by atoms with Crippen molar-refractivity contribution in [3.05, 3.63) is 0 Å². The van der Waals surface area contributed by atoms with E-state index in [1.807, 2.05) is 25.7 Å². The summed E-state index contributed by atoms with van der Waals surface area (Å²) in [6.07, 6.45) is 3.24. The highest BCUT2D eigenvalue weighted by Gasteiger charge is 2.46. The van der Waals surface area contributed by atoms with E-state index in [0.717, 1.165) is 26.1 Å². The summed E-state index contributed by atoms with van der Waals surface area (Å²) in [6, 6.07) is -0.315. The fourth-order valence-electron chi connectivity index (χ4n) is 3.07. The van der Waals surface area contributed by atoms with Crippen LogP contribution in [0.3, 0.4) is 0 Å². The molecule has 5 heteroatoms. The SMILES string of the molecule is CCC1C(=O)NC(C)(CC)C(=O)N1CC1CCOCC1. The summed E-state index contributed by atoms with van der Waals surface area (Å²) in [4.78, 5) is 26.8. The van der Waals surface area contributed by atoms with Crippen LogP contribution in [0.1, 0.15) is 46.5 Å². The lowest BCUT2D eigenvalue weighted by atomic mass is 9.89. The second-order valence-electron chi connectivity index (χ2n) is 6.11. The highest BCUT2D eigenvalue weighted by Crippen LogP contribution is 2.26. The first kappa shape index (κ1) is 15.3. The minimum Gasteiger partial charge on any atom is -0.381 e. The molecule has 0 radical (unpaired) electrons. The van der Waals surface area contributed by atoms with Gasteiger partial charge in [0.1, 0.15) is 11.6 Å². The minimum atomic E-state index is -0.742. The molecule has 2 heterocycles. The van der Waals surface area contributed by atoms with Crippen LogP contribution in [0.4, 0.5) is 0 Å². The van der Waals surface area contributed by atoms with E-state index in [2.05, 4.69) is 5.32 Å². The van der Waals surface area contributed by atoms with Crippen LogP contribution in [0.15, 0.2) is 0 Å². The number of nitrogens with zero attached hydrogens (tertiary/aromatic N) is 1. The predicted molar refractivity (Wildman–Crippen MR) is 76.2 cm³/mol. The molecule has 20 heavy (non-hydrogen) atoms. The average Bonchev–Trinajstić information content (AvgIpc) is 2.46. The molecule has 0 aliphatic carbocycles. The number of carbonyl (C=O) groups is 2. The summed E-state index contributed by atoms with van der Waals surface area (Å²) in [7, 11) is 0. The van der Waals surface area contributed by atoms with Crippen molar-refractivity contribution in [2.24, 2.45) is 5.92 Å². The molecule has 0 spiro atoms. The van der Waals surface area contributed by atoms with Gasteiger partial charge in [0, 0.05) is 19.8 Å². The van der Waals surface area contributed by atoms with Crippen molar-refractivity contribution in [2.75, 3.05) is 19.8 Å². The van der Waals surface area contributed by atoms with Crippen LogP contribution in [0.25, 0.3) is 0 Å². The van der Waals surface area contributed by atoms with Gasteiger partial charge < -0.3 is 15.0 Å². The molecule has 2 unspecified atom stereocenters. The van der Waals surface area contributed by atoms with Crippen molar-refractivity contribution >= 4 is 11.8 Å². The Balaban J connectivity index is 2.15. The van der Waals surface area contributed by atoms with E-state index in [4.69, 9.17) is 4.74 Å². The van der Waals surface area contributed by atoms with Gasteiger partial charge in [-0.2, -0.15) is 0 Å². The number of nitrogens with one attached hydrogen (secondary N) is 1. The standard InChI is InChI=1S/C15H26N2O3/c1-4-12-13(18)16-15(3,5-2)14(19)17(12)10-11-6-8-20-9-7-11/h11-12H,4-10H2,1-3H3,(H,16,18). The third-order valence-electron chi connectivity index (χ3n) is 4.70. The maximum absolute atomic E-state index is 12.7. The zero-order valence-electron chi connectivity index (χ0n) is 12.8. The van der Waals surface area contributed by atoms with E-state index in [1.54, 1.807) is 0 Å². The molecule has 0 aromatic heterocycles. The van der Waals surface area contributed by atoms with Crippen LogP contribution in [-0.4, -0.2) is 48.1 Å². The number of piperazine rings is 1. The molecule has 1 N–H and O–H groups in total. The van der Waals surface area contributed by atoms with Gasteiger partial charge in [-0.1, -0.05) is 13.8 Å². The maximum atomic E-state index is 12.7. The van der Waals surface area contributed by atoms with Crippen molar-refractivity contribution in [1.29, 1.82) is 0 Å². The number of amides is 2. The first-order valence-corrected chi connectivity index (χ1v) is 7.72. The molecule has 2 aliphatic heterocycles. The lowest BCUT2D eigenvalue weighted by Gasteiger charge is -2.45. The topological polar surface area (TPSA) is 58.6 Å². The number of carbonyl (C=O) groups excluding carboxylic acids is 2. The molecule has 2 atom stereocenters. The van der Waals surface area contributed by atoms with E-state index >= 15 is 0 Å². The fraction of sp³-hybridized carbons (Fsp3) is 0.867. The van der Waals surface area contributed by atoms with Gasteiger partial charge in [0.2, 0.25) is 11.8 Å². The van der Waals surface area contributed by atoms with Gasteiger partial charge >= 0.3 is 0 Å². The monoisotopic (exact) mass is 282 g/mol. The van der Waals surface area contributed by atoms with Crippen LogP contribution < -0.4 is 5.32 Å². The van der Waals surface area contributed by atoms with Crippen molar-refractivity contribution < 1.29 is 14.3 Å². The number of hydrogen-bond donors (Lipinski definition) is 1. The Morgan fingerprint density at radius 3 is 2.50 bits per heavy atom. The largest absolute Gasteiger partial charge is 0.381 e. The smallest absolute Gasteiger partial charge is 0.248 e. The van der Waals surface area contributed by atoms with Gasteiger partial charge in [-0.15, -0.1) is 0 Å². The normalized spacial score (nSPS) is 32.4. The fourth-order valence-corrected chi connectivity index (χ4v) is 3.07. The molecule has 2 saturated heterocycles. The number of ether oxygens (including phenoxy) is 1. The van der Waals surface area contributed by atoms with Crippen LogP contribution in [0, 0.1) is 5.92 Å². The summed E-state index contributed by atoms with van der Waals surface area (Å²) >= 11 is 0. The van der Waals surface area contributed by atoms with Gasteiger partial charge in [-0.3, -0.25) is 9.59 Å². The highest BCUT2D eigenvalue weighted by atomic mass is 16.5. The summed E-state index contributed by atoms with van der Waals surface area (Å²) in [6.45, 7) is 7.95. The zero-order valence-corrected chi connectivity index (χ0v) is 12.8. The van der Waals surface area contributed by atoms with Crippen molar-refractivity contribution in [3.63, 3.8) is 0 Å². The highest BCUT2D eigenvalue weighted by molar-refractivity contribution is 5.99. The Bertz CT molecular complexity index is 379. The molecule has 2 aliphatic rings. The third kappa shape index (κ3) is 2.82. The molecule has 0 saturated carbocycles. The molecular formula is C15H26N2O3. The van der Waals surface area contributed by atoms with E-state index in [0.29, 0.717) is 25.3 Å². The average molecular weight is 282 g/mol. The van der Waals surface area contributed by atoms with Crippen LogP contribution >= 0.6 is 0 Å². The lowest BCUT2D eigenvalue weighted by Crippen LogP contribution is -2.69. The van der Waals surface area contributed by atoms with E-state index < -0.39 is 5.54 Å². The van der Waals surface area contributed by atoms with Gasteiger partial charge in [0.25, 0.3) is 0 Å². The summed E-state index contributed by atoms with van der Waals surface area (Å²) in [5.41, 5.74) is -0.742. The Morgan fingerprint density at radius 2 is 1.95 bits per heavy atom. The first-order chi connectivity index (χ1) is 9.51. The van der Waals surface area contributed by atoms with Gasteiger partial charge in [-0.25, -0.2) is 0 Å². The predicted octanol–water partition coefficient (Wildman–Crippen LogP) is 1.32. The molecule has 0 aromatic rings. The molecule has 2 fully saturated rings. The van der Waals surface area contributed by atoms with Crippen molar-refractivity contribution in [1.82, 2.24) is 10.2 Å². The molecule has 114 valence electrons. The minimum absolute atomic E-state index is 0.0106. The van der Waals surface area contributed by atoms with E-state index in [1.165, 1.54) is 0 Å². The Kier molecular flexibility index (Phi) is 4.68. The summed E-state index contributed by atoms with van der Waals surface area (Å²) in [5.74, 6) is 0.509. The summed E-state index contributed by atoms with van der Waals surface area (Å²) < 4.78 is 5.37. The Hall–Kier alpha value is -1.10. The molecule has 2 amide bonds. The zero-order chi connectivity index (χ0) is 14.8.